The van der Waals surface area contributed by atoms with Crippen molar-refractivity contribution in [2.24, 2.45) is 0 Å². The van der Waals surface area contributed by atoms with Gasteiger partial charge < -0.3 is 15.8 Å². The second-order valence-electron chi connectivity index (χ2n) is 6.51. The molecule has 1 aliphatic heterocycles. The fourth-order valence-corrected chi connectivity index (χ4v) is 3.19. The third-order valence-corrected chi connectivity index (χ3v) is 4.40. The van der Waals surface area contributed by atoms with Gasteiger partial charge in [0.05, 0.1) is 0 Å². The van der Waals surface area contributed by atoms with E-state index >= 15 is 0 Å². The van der Waals surface area contributed by atoms with Crippen molar-refractivity contribution in [1.29, 1.82) is 0 Å². The fraction of sp³-hybridized carbons (Fsp3) is 0.562. The summed E-state index contributed by atoms with van der Waals surface area (Å²) in [5.41, 5.74) is 6.03. The summed E-state index contributed by atoms with van der Waals surface area (Å²) in [5, 5.41) is 2.95. The van der Waals surface area contributed by atoms with Crippen LogP contribution >= 0.6 is 11.9 Å². The molecule has 1 saturated heterocycles. The van der Waals surface area contributed by atoms with Crippen molar-refractivity contribution < 1.29 is 9.53 Å². The third kappa shape index (κ3) is 5.77. The zero-order valence-electron chi connectivity index (χ0n) is 13.5. The standard InChI is InChI=1S/C16H25N3O2S/c1-16(2,3)21-15(20)18-13-8-10-19(11-9-13)22-14-6-4-12(17)5-7-14/h4-7,13H,8-11,17H2,1-3H3,(H,18,20). The van der Waals surface area contributed by atoms with E-state index in [1.165, 1.54) is 4.90 Å². The quantitative estimate of drug-likeness (QED) is 0.660. The Balaban J connectivity index is 1.73. The number of nitrogen functional groups attached to an aromatic ring is 1. The van der Waals surface area contributed by atoms with E-state index in [0.717, 1.165) is 31.6 Å². The highest BCUT2D eigenvalue weighted by Gasteiger charge is 2.23. The second-order valence-corrected chi connectivity index (χ2v) is 7.68. The minimum absolute atomic E-state index is 0.193. The van der Waals surface area contributed by atoms with Crippen molar-refractivity contribution in [3.05, 3.63) is 24.3 Å². The van der Waals surface area contributed by atoms with Gasteiger partial charge in [-0.25, -0.2) is 9.10 Å². The van der Waals surface area contributed by atoms with Crippen LogP contribution < -0.4 is 11.1 Å². The summed E-state index contributed by atoms with van der Waals surface area (Å²) >= 11 is 1.74. The molecule has 2 rings (SSSR count). The Morgan fingerprint density at radius 1 is 1.27 bits per heavy atom. The summed E-state index contributed by atoms with van der Waals surface area (Å²) in [5.74, 6) is 0. The predicted molar refractivity (Wildman–Crippen MR) is 90.7 cm³/mol. The second kappa shape index (κ2) is 7.24. The van der Waals surface area contributed by atoms with E-state index in [-0.39, 0.29) is 12.1 Å². The van der Waals surface area contributed by atoms with Crippen molar-refractivity contribution in [2.45, 2.75) is 50.2 Å². The number of hydrogen-bond donors (Lipinski definition) is 2. The SMILES string of the molecule is CC(C)(C)OC(=O)NC1CCN(Sc2ccc(N)cc2)CC1. The summed E-state index contributed by atoms with van der Waals surface area (Å²) in [4.78, 5) is 13.0. The molecular formula is C16H25N3O2S. The Hall–Kier alpha value is -1.40. The van der Waals surface area contributed by atoms with Crippen LogP contribution in [0.2, 0.25) is 0 Å². The first-order chi connectivity index (χ1) is 10.3. The maximum atomic E-state index is 11.8. The zero-order valence-corrected chi connectivity index (χ0v) is 14.3. The van der Waals surface area contributed by atoms with Gasteiger partial charge in [-0.15, -0.1) is 0 Å². The minimum atomic E-state index is -0.449. The van der Waals surface area contributed by atoms with E-state index in [1.54, 1.807) is 11.9 Å². The van der Waals surface area contributed by atoms with Gasteiger partial charge in [0.15, 0.2) is 0 Å². The molecule has 22 heavy (non-hydrogen) atoms. The Morgan fingerprint density at radius 2 is 1.86 bits per heavy atom. The number of ether oxygens (including phenoxy) is 1. The van der Waals surface area contributed by atoms with E-state index in [1.807, 2.05) is 45.0 Å². The molecule has 1 aromatic rings. The van der Waals surface area contributed by atoms with E-state index in [0.29, 0.717) is 0 Å². The van der Waals surface area contributed by atoms with Gasteiger partial charge in [0.2, 0.25) is 0 Å². The van der Waals surface area contributed by atoms with Crippen LogP contribution in [0.5, 0.6) is 0 Å². The molecule has 0 unspecified atom stereocenters. The number of nitrogens with zero attached hydrogens (tertiary/aromatic N) is 1. The summed E-state index contributed by atoms with van der Waals surface area (Å²) < 4.78 is 7.61. The van der Waals surface area contributed by atoms with Crippen molar-refractivity contribution in [3.63, 3.8) is 0 Å². The number of benzene rings is 1. The molecule has 1 amide bonds. The third-order valence-electron chi connectivity index (χ3n) is 3.29. The van der Waals surface area contributed by atoms with Gasteiger partial charge in [-0.1, -0.05) is 0 Å². The number of hydrogen-bond acceptors (Lipinski definition) is 5. The molecule has 0 spiro atoms. The van der Waals surface area contributed by atoms with Gasteiger partial charge in [0.25, 0.3) is 0 Å². The van der Waals surface area contributed by atoms with Crippen molar-refractivity contribution in [3.8, 4) is 0 Å². The van der Waals surface area contributed by atoms with Crippen LogP contribution in [-0.2, 0) is 4.74 Å². The zero-order chi connectivity index (χ0) is 16.2. The molecule has 1 aromatic carbocycles. The molecule has 0 aromatic heterocycles. The van der Waals surface area contributed by atoms with Gasteiger partial charge in [-0.3, -0.25) is 0 Å². The van der Waals surface area contributed by atoms with Crippen LogP contribution in [0.3, 0.4) is 0 Å². The molecule has 0 saturated carbocycles. The van der Waals surface area contributed by atoms with Crippen molar-refractivity contribution >= 4 is 23.7 Å². The molecule has 0 radical (unpaired) electrons. The van der Waals surface area contributed by atoms with E-state index < -0.39 is 5.60 Å². The molecular weight excluding hydrogens is 298 g/mol. The number of anilines is 1. The number of carbonyl (C=O) groups is 1. The highest BCUT2D eigenvalue weighted by Crippen LogP contribution is 2.26. The topological polar surface area (TPSA) is 67.6 Å². The van der Waals surface area contributed by atoms with Gasteiger partial charge in [-0.05, 0) is 69.8 Å². The summed E-state index contributed by atoms with van der Waals surface area (Å²) in [6.45, 7) is 7.50. The number of nitrogens with one attached hydrogen (secondary N) is 1. The van der Waals surface area contributed by atoms with E-state index in [2.05, 4.69) is 9.62 Å². The van der Waals surface area contributed by atoms with Crippen molar-refractivity contribution in [1.82, 2.24) is 9.62 Å². The minimum Gasteiger partial charge on any atom is -0.444 e. The fourth-order valence-electron chi connectivity index (χ4n) is 2.24. The molecule has 1 fully saturated rings. The first kappa shape index (κ1) is 17.0. The van der Waals surface area contributed by atoms with Crippen LogP contribution in [0.15, 0.2) is 29.2 Å². The van der Waals surface area contributed by atoms with Gasteiger partial charge >= 0.3 is 6.09 Å². The summed E-state index contributed by atoms with van der Waals surface area (Å²) in [6, 6.07) is 8.09. The van der Waals surface area contributed by atoms with Crippen molar-refractivity contribution in [2.75, 3.05) is 18.8 Å². The monoisotopic (exact) mass is 323 g/mol. The molecule has 1 heterocycles. The van der Waals surface area contributed by atoms with Gasteiger partial charge in [0, 0.05) is 29.7 Å². The van der Waals surface area contributed by atoms with Gasteiger partial charge in [-0.2, -0.15) is 0 Å². The highest BCUT2D eigenvalue weighted by atomic mass is 32.2. The number of carbonyl (C=O) groups excluding carboxylic acids is 1. The average molecular weight is 323 g/mol. The normalized spacial score (nSPS) is 17.2. The van der Waals surface area contributed by atoms with Crippen LogP contribution in [-0.4, -0.2) is 35.1 Å². The molecule has 0 aliphatic carbocycles. The molecule has 0 bridgehead atoms. The van der Waals surface area contributed by atoms with Crippen LogP contribution in [0.25, 0.3) is 0 Å². The van der Waals surface area contributed by atoms with E-state index in [4.69, 9.17) is 10.5 Å². The van der Waals surface area contributed by atoms with Gasteiger partial charge in [0.1, 0.15) is 5.60 Å². The molecule has 0 atom stereocenters. The van der Waals surface area contributed by atoms with Crippen LogP contribution in [0.1, 0.15) is 33.6 Å². The average Bonchev–Trinajstić information content (AvgIpc) is 2.41. The summed E-state index contributed by atoms with van der Waals surface area (Å²) in [7, 11) is 0. The number of piperidine rings is 1. The lowest BCUT2D eigenvalue weighted by Gasteiger charge is -2.31. The Bertz CT molecular complexity index is 491. The number of alkyl carbamates (subject to hydrolysis) is 1. The van der Waals surface area contributed by atoms with Crippen LogP contribution in [0, 0.1) is 0 Å². The number of rotatable bonds is 3. The lowest BCUT2D eigenvalue weighted by Crippen LogP contribution is -2.44. The maximum absolute atomic E-state index is 11.8. The lowest BCUT2D eigenvalue weighted by atomic mass is 10.1. The molecule has 122 valence electrons. The molecule has 5 nitrogen and oxygen atoms in total. The Kier molecular flexibility index (Phi) is 5.58. The largest absolute Gasteiger partial charge is 0.444 e. The first-order valence-corrected chi connectivity index (χ1v) is 8.37. The molecule has 6 heteroatoms. The Morgan fingerprint density at radius 3 is 2.41 bits per heavy atom. The summed E-state index contributed by atoms with van der Waals surface area (Å²) in [6.07, 6.45) is 1.54. The maximum Gasteiger partial charge on any atom is 0.407 e. The number of nitrogens with two attached hydrogens (primary N) is 1. The van der Waals surface area contributed by atoms with E-state index in [9.17, 15) is 4.79 Å². The molecule has 3 N–H and O–H groups in total. The first-order valence-electron chi connectivity index (χ1n) is 7.60. The Labute approximate surface area is 136 Å². The highest BCUT2D eigenvalue weighted by molar-refractivity contribution is 7.97. The smallest absolute Gasteiger partial charge is 0.407 e. The number of amides is 1. The lowest BCUT2D eigenvalue weighted by molar-refractivity contribution is 0.0490. The van der Waals surface area contributed by atoms with Crippen LogP contribution in [0.4, 0.5) is 10.5 Å². The predicted octanol–water partition coefficient (Wildman–Crippen LogP) is 3.27. The molecule has 1 aliphatic rings.